The van der Waals surface area contributed by atoms with Crippen LogP contribution >= 0.6 is 11.3 Å². The Hall–Kier alpha value is -2.60. The minimum atomic E-state index is -0.412. The summed E-state index contributed by atoms with van der Waals surface area (Å²) in [6.07, 6.45) is 5.74. The number of carbonyl (C=O) groups excluding carboxylic acids is 1. The maximum absolute atomic E-state index is 12.2. The first kappa shape index (κ1) is 15.0. The molecule has 122 valence electrons. The van der Waals surface area contributed by atoms with Crippen molar-refractivity contribution < 1.29 is 4.79 Å². The van der Waals surface area contributed by atoms with Gasteiger partial charge in [0, 0.05) is 35.6 Å². The third kappa shape index (κ3) is 2.49. The molecule has 2 aromatic heterocycles. The van der Waals surface area contributed by atoms with Crippen LogP contribution in [0.15, 0.2) is 54.2 Å². The minimum Gasteiger partial charge on any atom is -0.364 e. The van der Waals surface area contributed by atoms with E-state index in [0.717, 1.165) is 30.1 Å². The van der Waals surface area contributed by atoms with Crippen molar-refractivity contribution >= 4 is 22.9 Å². The molecule has 1 fully saturated rings. The number of nitrogens with two attached hydrogens (primary N) is 1. The van der Waals surface area contributed by atoms with Gasteiger partial charge in [-0.2, -0.15) is 0 Å². The van der Waals surface area contributed by atoms with Gasteiger partial charge in [0.25, 0.3) is 5.91 Å². The molecule has 1 unspecified atom stereocenters. The molecule has 5 nitrogen and oxygen atoms in total. The van der Waals surface area contributed by atoms with Crippen molar-refractivity contribution in [2.24, 2.45) is 5.73 Å². The van der Waals surface area contributed by atoms with Gasteiger partial charge in [-0.05, 0) is 31.0 Å². The summed E-state index contributed by atoms with van der Waals surface area (Å²) in [7, 11) is 0. The zero-order chi connectivity index (χ0) is 16.5. The third-order valence-electron chi connectivity index (χ3n) is 4.48. The molecule has 0 saturated carbocycles. The molecule has 2 N–H and O–H groups in total. The van der Waals surface area contributed by atoms with Gasteiger partial charge in [0.05, 0.1) is 6.04 Å². The van der Waals surface area contributed by atoms with E-state index in [9.17, 15) is 4.79 Å². The molecule has 0 radical (unpaired) electrons. The number of nitrogens with zero attached hydrogens (tertiary/aromatic N) is 3. The lowest BCUT2D eigenvalue weighted by Crippen LogP contribution is -2.26. The van der Waals surface area contributed by atoms with Crippen LogP contribution in [0.4, 0.5) is 5.69 Å². The average Bonchev–Trinajstić information content (AvgIpc) is 3.33. The van der Waals surface area contributed by atoms with Crippen molar-refractivity contribution in [1.29, 1.82) is 0 Å². The van der Waals surface area contributed by atoms with E-state index in [-0.39, 0.29) is 6.04 Å². The molecule has 4 rings (SSSR count). The number of para-hydroxylation sites is 1. The molecule has 3 heterocycles. The molecular weight excluding hydrogens is 320 g/mol. The predicted octanol–water partition coefficient (Wildman–Crippen LogP) is 3.37. The van der Waals surface area contributed by atoms with Crippen LogP contribution in [0, 0.1) is 0 Å². The Morgan fingerprint density at radius 2 is 2.08 bits per heavy atom. The molecule has 0 bridgehead atoms. The fraction of sp³-hybridized carbons (Fsp3) is 0.222. The van der Waals surface area contributed by atoms with Crippen molar-refractivity contribution in [2.45, 2.75) is 18.9 Å². The highest BCUT2D eigenvalue weighted by Gasteiger charge is 2.31. The highest BCUT2D eigenvalue weighted by Crippen LogP contribution is 2.38. The lowest BCUT2D eigenvalue weighted by Gasteiger charge is -2.27. The largest absolute Gasteiger partial charge is 0.364 e. The molecule has 1 atom stereocenters. The topological polar surface area (TPSA) is 64.2 Å². The first-order chi connectivity index (χ1) is 11.8. The Morgan fingerprint density at radius 3 is 2.79 bits per heavy atom. The van der Waals surface area contributed by atoms with Gasteiger partial charge in [0.1, 0.15) is 5.69 Å². The molecule has 24 heavy (non-hydrogen) atoms. The van der Waals surface area contributed by atoms with E-state index in [1.807, 2.05) is 40.4 Å². The average molecular weight is 338 g/mol. The van der Waals surface area contributed by atoms with E-state index < -0.39 is 5.91 Å². The van der Waals surface area contributed by atoms with Gasteiger partial charge in [0.2, 0.25) is 0 Å². The van der Waals surface area contributed by atoms with Crippen molar-refractivity contribution in [1.82, 2.24) is 9.55 Å². The summed E-state index contributed by atoms with van der Waals surface area (Å²) >= 11 is 1.49. The van der Waals surface area contributed by atoms with Gasteiger partial charge >= 0.3 is 0 Å². The molecule has 0 spiro atoms. The fourth-order valence-corrected chi connectivity index (χ4v) is 4.12. The number of benzene rings is 1. The smallest absolute Gasteiger partial charge is 0.266 e. The highest BCUT2D eigenvalue weighted by molar-refractivity contribution is 7.12. The van der Waals surface area contributed by atoms with Crippen LogP contribution in [0.2, 0.25) is 0 Å². The maximum Gasteiger partial charge on any atom is 0.266 e. The molecule has 1 amide bonds. The maximum atomic E-state index is 12.2. The van der Waals surface area contributed by atoms with Crippen molar-refractivity contribution in [3.63, 3.8) is 0 Å². The third-order valence-corrected chi connectivity index (χ3v) is 5.25. The Labute approximate surface area is 144 Å². The summed E-state index contributed by atoms with van der Waals surface area (Å²) in [5, 5.41) is 2.66. The van der Waals surface area contributed by atoms with E-state index in [0.29, 0.717) is 5.69 Å². The minimum absolute atomic E-state index is 0.163. The lowest BCUT2D eigenvalue weighted by atomic mass is 10.0. The van der Waals surface area contributed by atoms with Crippen LogP contribution < -0.4 is 10.6 Å². The molecule has 1 aromatic carbocycles. The van der Waals surface area contributed by atoms with E-state index in [4.69, 9.17) is 5.73 Å². The summed E-state index contributed by atoms with van der Waals surface area (Å²) in [6, 6.07) is 12.5. The Kier molecular flexibility index (Phi) is 3.82. The van der Waals surface area contributed by atoms with E-state index in [1.54, 1.807) is 6.20 Å². The van der Waals surface area contributed by atoms with E-state index >= 15 is 0 Å². The molecule has 0 aliphatic carbocycles. The first-order valence-electron chi connectivity index (χ1n) is 7.98. The Bertz CT molecular complexity index is 841. The molecule has 1 aliphatic heterocycles. The SMILES string of the molecule is NC(=O)c1c(C2CCCN2c2ccccc2)ccn1-c1nccs1. The first-order valence-corrected chi connectivity index (χ1v) is 8.86. The number of primary amides is 1. The van der Waals surface area contributed by atoms with Crippen LogP contribution in [0.25, 0.3) is 5.13 Å². The summed E-state index contributed by atoms with van der Waals surface area (Å²) in [5.74, 6) is -0.412. The number of anilines is 1. The zero-order valence-electron chi connectivity index (χ0n) is 13.1. The number of rotatable bonds is 4. The van der Waals surface area contributed by atoms with Gasteiger partial charge in [0.15, 0.2) is 5.13 Å². The van der Waals surface area contributed by atoms with E-state index in [2.05, 4.69) is 22.0 Å². The predicted molar refractivity (Wildman–Crippen MR) is 95.7 cm³/mol. The lowest BCUT2D eigenvalue weighted by molar-refractivity contribution is 0.0992. The van der Waals surface area contributed by atoms with Crippen LogP contribution in [0.1, 0.15) is 34.9 Å². The standard InChI is InChI=1S/C18H18N4OS/c19-17(23)16-14(8-11-22(16)18-20-9-12-24-18)15-7-4-10-21(15)13-5-2-1-3-6-13/h1-3,5-6,8-9,11-12,15H,4,7,10H2,(H2,19,23). The van der Waals surface area contributed by atoms with Crippen LogP contribution in [0.3, 0.4) is 0 Å². The van der Waals surface area contributed by atoms with Crippen LogP contribution in [0.5, 0.6) is 0 Å². The highest BCUT2D eigenvalue weighted by atomic mass is 32.1. The molecule has 1 aliphatic rings. The molecule has 1 saturated heterocycles. The van der Waals surface area contributed by atoms with Crippen LogP contribution in [-0.2, 0) is 0 Å². The number of hydrogen-bond donors (Lipinski definition) is 1. The fourth-order valence-electron chi connectivity index (χ4n) is 3.49. The number of amides is 1. The number of hydrogen-bond acceptors (Lipinski definition) is 4. The molecule has 6 heteroatoms. The number of aromatic nitrogens is 2. The summed E-state index contributed by atoms with van der Waals surface area (Å²) in [5.41, 5.74) is 8.42. The second-order valence-electron chi connectivity index (χ2n) is 5.86. The van der Waals surface area contributed by atoms with Crippen LogP contribution in [-0.4, -0.2) is 22.0 Å². The van der Waals surface area contributed by atoms with E-state index in [1.165, 1.54) is 17.0 Å². The van der Waals surface area contributed by atoms with Crippen molar-refractivity contribution in [2.75, 3.05) is 11.4 Å². The molecule has 3 aromatic rings. The summed E-state index contributed by atoms with van der Waals surface area (Å²) in [4.78, 5) is 18.8. The van der Waals surface area contributed by atoms with Gasteiger partial charge in [-0.25, -0.2) is 4.98 Å². The molecular formula is C18H18N4OS. The zero-order valence-corrected chi connectivity index (χ0v) is 13.9. The van der Waals surface area contributed by atoms with Gasteiger partial charge in [-0.1, -0.05) is 18.2 Å². The summed E-state index contributed by atoms with van der Waals surface area (Å²) in [6.45, 7) is 0.981. The number of thiazole rings is 1. The Morgan fingerprint density at radius 1 is 1.25 bits per heavy atom. The Balaban J connectivity index is 1.77. The second kappa shape index (κ2) is 6.13. The number of carbonyl (C=O) groups is 1. The van der Waals surface area contributed by atoms with Crippen molar-refractivity contribution in [3.8, 4) is 5.13 Å². The summed E-state index contributed by atoms with van der Waals surface area (Å²) < 4.78 is 1.81. The quantitative estimate of drug-likeness (QED) is 0.793. The second-order valence-corrected chi connectivity index (χ2v) is 6.73. The monoisotopic (exact) mass is 338 g/mol. The van der Waals surface area contributed by atoms with Gasteiger partial charge < -0.3 is 10.6 Å². The van der Waals surface area contributed by atoms with Gasteiger partial charge in [-0.15, -0.1) is 11.3 Å². The van der Waals surface area contributed by atoms with Crippen molar-refractivity contribution in [3.05, 3.63) is 65.4 Å². The normalized spacial score (nSPS) is 17.3. The van der Waals surface area contributed by atoms with Gasteiger partial charge in [-0.3, -0.25) is 9.36 Å².